The number of hydrogen-bond acceptors (Lipinski definition) is 3. The van der Waals surface area contributed by atoms with Crippen LogP contribution in [0.1, 0.15) is 40.2 Å². The van der Waals surface area contributed by atoms with Crippen molar-refractivity contribution in [1.82, 2.24) is 9.62 Å². The Morgan fingerprint density at radius 1 is 1.24 bits per heavy atom. The van der Waals surface area contributed by atoms with E-state index in [9.17, 15) is 8.42 Å². The van der Waals surface area contributed by atoms with Crippen molar-refractivity contribution in [3.63, 3.8) is 0 Å². The Labute approximate surface area is 133 Å². The molecule has 0 unspecified atom stereocenters. The fourth-order valence-corrected chi connectivity index (χ4v) is 4.29. The molecule has 0 aliphatic rings. The van der Waals surface area contributed by atoms with Gasteiger partial charge in [-0.2, -0.15) is 4.31 Å². The number of halogens is 1. The molecule has 6 heteroatoms. The highest BCUT2D eigenvalue weighted by Crippen LogP contribution is 2.27. The zero-order chi connectivity index (χ0) is 16.2. The summed E-state index contributed by atoms with van der Waals surface area (Å²) >= 11 is 6.12. The van der Waals surface area contributed by atoms with Crippen LogP contribution < -0.4 is 5.32 Å². The van der Waals surface area contributed by atoms with E-state index in [4.69, 9.17) is 11.6 Å². The van der Waals surface area contributed by atoms with E-state index < -0.39 is 10.0 Å². The first kappa shape index (κ1) is 18.4. The SMILES string of the molecule is CCN(C(C)C)S(=O)(=O)c1cc(CNC(C)C)ccc1Cl. The van der Waals surface area contributed by atoms with Crippen LogP contribution in [0.3, 0.4) is 0 Å². The van der Waals surface area contributed by atoms with Gasteiger partial charge < -0.3 is 5.32 Å². The van der Waals surface area contributed by atoms with E-state index >= 15 is 0 Å². The Bertz CT molecular complexity index is 571. The van der Waals surface area contributed by atoms with Crippen LogP contribution in [0.2, 0.25) is 5.02 Å². The Balaban J connectivity index is 3.19. The highest BCUT2D eigenvalue weighted by molar-refractivity contribution is 7.89. The van der Waals surface area contributed by atoms with Crippen LogP contribution in [-0.4, -0.2) is 31.4 Å². The first-order chi connectivity index (χ1) is 9.70. The first-order valence-corrected chi connectivity index (χ1v) is 9.05. The van der Waals surface area contributed by atoms with Gasteiger partial charge >= 0.3 is 0 Å². The molecule has 4 nitrogen and oxygen atoms in total. The van der Waals surface area contributed by atoms with Crippen molar-refractivity contribution in [2.45, 2.75) is 58.1 Å². The van der Waals surface area contributed by atoms with Crippen LogP contribution in [0.25, 0.3) is 0 Å². The third-order valence-corrected chi connectivity index (χ3v) is 5.82. The molecule has 1 aromatic carbocycles. The normalized spacial score (nSPS) is 12.6. The summed E-state index contributed by atoms with van der Waals surface area (Å²) in [6.45, 7) is 10.7. The fraction of sp³-hybridized carbons (Fsp3) is 0.600. The van der Waals surface area contributed by atoms with Gasteiger partial charge in [-0.1, -0.05) is 38.4 Å². The fourth-order valence-electron chi connectivity index (χ4n) is 2.12. The van der Waals surface area contributed by atoms with Gasteiger partial charge in [0.05, 0.1) is 5.02 Å². The lowest BCUT2D eigenvalue weighted by molar-refractivity contribution is 0.369. The molecule has 1 N–H and O–H groups in total. The lowest BCUT2D eigenvalue weighted by Crippen LogP contribution is -2.36. The van der Waals surface area contributed by atoms with Gasteiger partial charge in [-0.3, -0.25) is 0 Å². The van der Waals surface area contributed by atoms with Crippen LogP contribution in [0.5, 0.6) is 0 Å². The summed E-state index contributed by atoms with van der Waals surface area (Å²) in [6.07, 6.45) is 0. The molecular formula is C15H25ClN2O2S. The number of sulfonamides is 1. The standard InChI is InChI=1S/C15H25ClN2O2S/c1-6-18(12(4)5)21(19,20)15-9-13(7-8-14(15)16)10-17-11(2)3/h7-9,11-12,17H,6,10H2,1-5H3. The monoisotopic (exact) mass is 332 g/mol. The zero-order valence-corrected chi connectivity index (χ0v) is 14.9. The van der Waals surface area contributed by atoms with E-state index in [1.165, 1.54) is 4.31 Å². The van der Waals surface area contributed by atoms with E-state index in [0.29, 0.717) is 19.1 Å². The number of hydrogen-bond donors (Lipinski definition) is 1. The summed E-state index contributed by atoms with van der Waals surface area (Å²) < 4.78 is 26.9. The molecule has 120 valence electrons. The summed E-state index contributed by atoms with van der Waals surface area (Å²) in [4.78, 5) is 0.183. The minimum absolute atomic E-state index is 0.103. The number of benzene rings is 1. The molecule has 0 spiro atoms. The van der Waals surface area contributed by atoms with Crippen LogP contribution in [0.15, 0.2) is 23.1 Å². The molecular weight excluding hydrogens is 308 g/mol. The van der Waals surface area contributed by atoms with Crippen LogP contribution in [-0.2, 0) is 16.6 Å². The van der Waals surface area contributed by atoms with Gasteiger partial charge in [0.25, 0.3) is 0 Å². The van der Waals surface area contributed by atoms with Crippen molar-refractivity contribution in [1.29, 1.82) is 0 Å². The third kappa shape index (κ3) is 4.68. The Hall–Kier alpha value is -0.620. The molecule has 0 aliphatic heterocycles. The number of rotatable bonds is 7. The molecule has 1 aromatic rings. The van der Waals surface area contributed by atoms with E-state index in [1.54, 1.807) is 12.1 Å². The van der Waals surface area contributed by atoms with Crippen molar-refractivity contribution < 1.29 is 8.42 Å². The maximum Gasteiger partial charge on any atom is 0.244 e. The Morgan fingerprint density at radius 3 is 2.33 bits per heavy atom. The average molecular weight is 333 g/mol. The summed E-state index contributed by atoms with van der Waals surface area (Å²) in [5.74, 6) is 0. The van der Waals surface area contributed by atoms with E-state index in [-0.39, 0.29) is 16.0 Å². The second-order valence-corrected chi connectivity index (χ2v) is 7.87. The van der Waals surface area contributed by atoms with Gasteiger partial charge in [0.2, 0.25) is 10.0 Å². The Morgan fingerprint density at radius 2 is 1.86 bits per heavy atom. The van der Waals surface area contributed by atoms with Crippen molar-refractivity contribution in [3.05, 3.63) is 28.8 Å². The molecule has 0 saturated carbocycles. The topological polar surface area (TPSA) is 49.4 Å². The molecule has 0 aliphatic carbocycles. The van der Waals surface area contributed by atoms with E-state index in [2.05, 4.69) is 5.32 Å². The summed E-state index contributed by atoms with van der Waals surface area (Å²) in [5, 5.41) is 3.54. The average Bonchev–Trinajstić information content (AvgIpc) is 2.37. The highest BCUT2D eigenvalue weighted by atomic mass is 35.5. The van der Waals surface area contributed by atoms with Gasteiger partial charge in [-0.05, 0) is 31.5 Å². The van der Waals surface area contributed by atoms with Gasteiger partial charge in [0.15, 0.2) is 0 Å². The summed E-state index contributed by atoms with van der Waals surface area (Å²) in [6, 6.07) is 5.40. The molecule has 0 saturated heterocycles. The van der Waals surface area contributed by atoms with Gasteiger partial charge in [0.1, 0.15) is 4.90 Å². The van der Waals surface area contributed by atoms with E-state index in [0.717, 1.165) is 5.56 Å². The van der Waals surface area contributed by atoms with Crippen molar-refractivity contribution >= 4 is 21.6 Å². The smallest absolute Gasteiger partial charge is 0.244 e. The Kier molecular flexibility index (Phi) is 6.66. The van der Waals surface area contributed by atoms with Crippen molar-refractivity contribution in [3.8, 4) is 0 Å². The minimum Gasteiger partial charge on any atom is -0.310 e. The third-order valence-electron chi connectivity index (χ3n) is 3.18. The quantitative estimate of drug-likeness (QED) is 0.833. The number of nitrogens with zero attached hydrogens (tertiary/aromatic N) is 1. The maximum absolute atomic E-state index is 12.7. The van der Waals surface area contributed by atoms with Gasteiger partial charge in [-0.25, -0.2) is 8.42 Å². The molecule has 0 aromatic heterocycles. The molecule has 0 atom stereocenters. The minimum atomic E-state index is -3.57. The second kappa shape index (κ2) is 7.58. The molecule has 0 radical (unpaired) electrons. The van der Waals surface area contributed by atoms with Gasteiger partial charge in [0, 0.05) is 25.2 Å². The van der Waals surface area contributed by atoms with E-state index in [1.807, 2.05) is 40.7 Å². The zero-order valence-electron chi connectivity index (χ0n) is 13.4. The van der Waals surface area contributed by atoms with Gasteiger partial charge in [-0.15, -0.1) is 0 Å². The van der Waals surface area contributed by atoms with Crippen LogP contribution >= 0.6 is 11.6 Å². The summed E-state index contributed by atoms with van der Waals surface area (Å²) in [5.41, 5.74) is 0.909. The van der Waals surface area contributed by atoms with Crippen molar-refractivity contribution in [2.24, 2.45) is 0 Å². The molecule has 0 amide bonds. The van der Waals surface area contributed by atoms with Crippen LogP contribution in [0, 0.1) is 0 Å². The maximum atomic E-state index is 12.7. The predicted octanol–water partition coefficient (Wildman–Crippen LogP) is 3.26. The number of nitrogens with one attached hydrogen (secondary N) is 1. The second-order valence-electron chi connectivity index (χ2n) is 5.60. The first-order valence-electron chi connectivity index (χ1n) is 7.23. The molecule has 0 heterocycles. The molecule has 21 heavy (non-hydrogen) atoms. The highest BCUT2D eigenvalue weighted by Gasteiger charge is 2.27. The molecule has 0 bridgehead atoms. The largest absolute Gasteiger partial charge is 0.310 e. The van der Waals surface area contributed by atoms with Crippen LogP contribution in [0.4, 0.5) is 0 Å². The molecule has 0 fully saturated rings. The lowest BCUT2D eigenvalue weighted by atomic mass is 10.2. The summed E-state index contributed by atoms with van der Waals surface area (Å²) in [7, 11) is -3.57. The molecule has 1 rings (SSSR count). The van der Waals surface area contributed by atoms with Crippen molar-refractivity contribution in [2.75, 3.05) is 6.54 Å². The lowest BCUT2D eigenvalue weighted by Gasteiger charge is -2.25. The predicted molar refractivity (Wildman–Crippen MR) is 88.1 cm³/mol.